The van der Waals surface area contributed by atoms with Crippen LogP contribution in [0.25, 0.3) is 5.65 Å². The van der Waals surface area contributed by atoms with Gasteiger partial charge in [-0.3, -0.25) is 4.79 Å². The lowest BCUT2D eigenvalue weighted by Gasteiger charge is -2.40. The van der Waals surface area contributed by atoms with Gasteiger partial charge < -0.3 is 19.7 Å². The maximum atomic E-state index is 12.6. The number of ether oxygens (including phenoxy) is 2. The minimum absolute atomic E-state index is 0.138. The highest BCUT2D eigenvalue weighted by atomic mass is 16.6. The van der Waals surface area contributed by atoms with Gasteiger partial charge in [0.15, 0.2) is 23.0 Å². The van der Waals surface area contributed by atoms with Crippen molar-refractivity contribution in [2.24, 2.45) is 5.92 Å². The minimum Gasteiger partial charge on any atom is -0.486 e. The third-order valence-corrected chi connectivity index (χ3v) is 5.05. The first-order chi connectivity index (χ1) is 13.7. The number of hydrogen-bond acceptors (Lipinski definition) is 7. The molecule has 0 unspecified atom stereocenters. The maximum absolute atomic E-state index is 12.6. The number of fused-ring (bicyclic) bond motifs is 2. The van der Waals surface area contributed by atoms with E-state index in [1.54, 1.807) is 10.6 Å². The Kier molecular flexibility index (Phi) is 4.00. The highest BCUT2D eigenvalue weighted by molar-refractivity contribution is 5.97. The second kappa shape index (κ2) is 6.66. The Morgan fingerprint density at radius 1 is 1.18 bits per heavy atom. The molecule has 1 fully saturated rings. The number of rotatable bonds is 4. The zero-order valence-electron chi connectivity index (χ0n) is 15.5. The first-order valence-electron chi connectivity index (χ1n) is 9.30. The van der Waals surface area contributed by atoms with Crippen LogP contribution in [0, 0.1) is 12.8 Å². The molecule has 0 bridgehead atoms. The molecule has 9 heteroatoms. The molecule has 4 heterocycles. The van der Waals surface area contributed by atoms with Gasteiger partial charge in [-0.15, -0.1) is 15.3 Å². The number of carbonyl (C=O) groups is 1. The van der Waals surface area contributed by atoms with Crippen molar-refractivity contribution in [2.75, 3.05) is 37.7 Å². The Morgan fingerprint density at radius 3 is 2.93 bits per heavy atom. The highest BCUT2D eigenvalue weighted by Gasteiger charge is 2.29. The van der Waals surface area contributed by atoms with Crippen LogP contribution >= 0.6 is 0 Å². The molecular formula is C19H20N6O3. The summed E-state index contributed by atoms with van der Waals surface area (Å²) in [5.74, 6) is 3.04. The van der Waals surface area contributed by atoms with Crippen molar-refractivity contribution in [3.05, 3.63) is 41.7 Å². The number of aryl methyl sites for hydroxylation is 1. The molecule has 28 heavy (non-hydrogen) atoms. The van der Waals surface area contributed by atoms with Gasteiger partial charge in [-0.05, 0) is 31.2 Å². The van der Waals surface area contributed by atoms with E-state index in [0.717, 1.165) is 30.4 Å². The standard InChI is InChI=1S/C19H20N6O3/c1-12-21-22-16-5-6-17(23-25(12)16)24-10-13(11-24)9-20-19(26)14-3-2-4-15-18(14)28-8-7-27-15/h2-6,13H,7-11H2,1H3,(H,20,26). The van der Waals surface area contributed by atoms with Crippen LogP contribution < -0.4 is 19.7 Å². The Hall–Kier alpha value is -3.36. The summed E-state index contributed by atoms with van der Waals surface area (Å²) < 4.78 is 12.9. The van der Waals surface area contributed by atoms with Gasteiger partial charge in [0, 0.05) is 25.6 Å². The van der Waals surface area contributed by atoms with E-state index >= 15 is 0 Å². The van der Waals surface area contributed by atoms with E-state index in [9.17, 15) is 4.79 Å². The van der Waals surface area contributed by atoms with Gasteiger partial charge in [0.05, 0.1) is 5.56 Å². The fourth-order valence-electron chi connectivity index (χ4n) is 3.53. The van der Waals surface area contributed by atoms with Gasteiger partial charge in [0.1, 0.15) is 19.0 Å². The number of para-hydroxylation sites is 1. The molecule has 2 aromatic heterocycles. The van der Waals surface area contributed by atoms with Crippen LogP contribution in [0.3, 0.4) is 0 Å². The summed E-state index contributed by atoms with van der Waals surface area (Å²) in [6, 6.07) is 9.25. The SMILES string of the molecule is Cc1nnc2ccc(N3CC(CNC(=O)c4cccc5c4OCCO5)C3)nn12. The van der Waals surface area contributed by atoms with Crippen molar-refractivity contribution in [3.63, 3.8) is 0 Å². The first kappa shape index (κ1) is 16.8. The lowest BCUT2D eigenvalue weighted by Crippen LogP contribution is -2.52. The van der Waals surface area contributed by atoms with Crippen LogP contribution in [0.5, 0.6) is 11.5 Å². The molecule has 0 aliphatic carbocycles. The molecule has 144 valence electrons. The lowest BCUT2D eigenvalue weighted by molar-refractivity contribution is 0.0933. The predicted molar refractivity (Wildman–Crippen MR) is 101 cm³/mol. The maximum Gasteiger partial charge on any atom is 0.255 e. The number of nitrogens with zero attached hydrogens (tertiary/aromatic N) is 5. The molecule has 9 nitrogen and oxygen atoms in total. The second-order valence-corrected chi connectivity index (χ2v) is 7.02. The Labute approximate surface area is 161 Å². The average molecular weight is 380 g/mol. The number of anilines is 1. The molecule has 3 aromatic rings. The van der Waals surface area contributed by atoms with E-state index in [1.807, 2.05) is 31.2 Å². The Bertz CT molecular complexity index is 1040. The average Bonchev–Trinajstić information content (AvgIpc) is 3.06. The Balaban J connectivity index is 1.19. The van der Waals surface area contributed by atoms with E-state index < -0.39 is 0 Å². The van der Waals surface area contributed by atoms with Crippen molar-refractivity contribution in [1.29, 1.82) is 0 Å². The molecule has 0 radical (unpaired) electrons. The van der Waals surface area contributed by atoms with E-state index in [-0.39, 0.29) is 5.91 Å². The van der Waals surface area contributed by atoms with E-state index in [2.05, 4.69) is 25.5 Å². The van der Waals surface area contributed by atoms with Gasteiger partial charge in [-0.25, -0.2) is 0 Å². The molecule has 0 atom stereocenters. The summed E-state index contributed by atoms with van der Waals surface area (Å²) in [5, 5.41) is 15.7. The molecule has 5 rings (SSSR count). The first-order valence-corrected chi connectivity index (χ1v) is 9.30. The zero-order valence-corrected chi connectivity index (χ0v) is 15.5. The highest BCUT2D eigenvalue weighted by Crippen LogP contribution is 2.33. The molecule has 1 saturated heterocycles. The van der Waals surface area contributed by atoms with Crippen LogP contribution in [0.15, 0.2) is 30.3 Å². The van der Waals surface area contributed by atoms with Gasteiger partial charge >= 0.3 is 0 Å². The lowest BCUT2D eigenvalue weighted by atomic mass is 10.00. The second-order valence-electron chi connectivity index (χ2n) is 7.02. The van der Waals surface area contributed by atoms with Crippen molar-refractivity contribution in [2.45, 2.75) is 6.92 Å². The van der Waals surface area contributed by atoms with Crippen LogP contribution in [0.4, 0.5) is 5.82 Å². The van der Waals surface area contributed by atoms with Crippen LogP contribution in [0.1, 0.15) is 16.2 Å². The van der Waals surface area contributed by atoms with Crippen molar-refractivity contribution in [3.8, 4) is 11.5 Å². The van der Waals surface area contributed by atoms with E-state index in [1.165, 1.54) is 0 Å². The summed E-state index contributed by atoms with van der Waals surface area (Å²) in [6.45, 7) is 5.12. The smallest absolute Gasteiger partial charge is 0.255 e. The monoisotopic (exact) mass is 380 g/mol. The van der Waals surface area contributed by atoms with Crippen molar-refractivity contribution in [1.82, 2.24) is 25.1 Å². The van der Waals surface area contributed by atoms with Crippen LogP contribution in [0.2, 0.25) is 0 Å². The number of hydrogen-bond donors (Lipinski definition) is 1. The van der Waals surface area contributed by atoms with Crippen molar-refractivity contribution < 1.29 is 14.3 Å². The number of aromatic nitrogens is 4. The molecule has 2 aliphatic heterocycles. The number of benzene rings is 1. The summed E-state index contributed by atoms with van der Waals surface area (Å²) >= 11 is 0. The van der Waals surface area contributed by atoms with E-state index in [4.69, 9.17) is 9.47 Å². The van der Waals surface area contributed by atoms with E-state index in [0.29, 0.717) is 42.7 Å². The number of amides is 1. The molecule has 2 aliphatic rings. The molecular weight excluding hydrogens is 360 g/mol. The fraction of sp³-hybridized carbons (Fsp3) is 0.368. The summed E-state index contributed by atoms with van der Waals surface area (Å²) in [4.78, 5) is 14.8. The van der Waals surface area contributed by atoms with Crippen molar-refractivity contribution >= 4 is 17.4 Å². The summed E-state index contributed by atoms with van der Waals surface area (Å²) in [5.41, 5.74) is 1.26. The quantitative estimate of drug-likeness (QED) is 0.724. The fourth-order valence-corrected chi connectivity index (χ4v) is 3.53. The van der Waals surface area contributed by atoms with Crippen LogP contribution in [-0.4, -0.2) is 58.6 Å². The molecule has 1 N–H and O–H groups in total. The minimum atomic E-state index is -0.138. The molecule has 0 saturated carbocycles. The largest absolute Gasteiger partial charge is 0.486 e. The number of nitrogens with one attached hydrogen (secondary N) is 1. The van der Waals surface area contributed by atoms with Gasteiger partial charge in [0.25, 0.3) is 5.91 Å². The third-order valence-electron chi connectivity index (χ3n) is 5.05. The summed E-state index contributed by atoms with van der Waals surface area (Å²) in [7, 11) is 0. The Morgan fingerprint density at radius 2 is 2.04 bits per heavy atom. The summed E-state index contributed by atoms with van der Waals surface area (Å²) in [6.07, 6.45) is 0. The predicted octanol–water partition coefficient (Wildman–Crippen LogP) is 1.07. The van der Waals surface area contributed by atoms with Gasteiger partial charge in [-0.1, -0.05) is 6.07 Å². The van der Waals surface area contributed by atoms with Gasteiger partial charge in [0.2, 0.25) is 0 Å². The molecule has 0 spiro atoms. The molecule has 1 amide bonds. The topological polar surface area (TPSA) is 93.9 Å². The van der Waals surface area contributed by atoms with Crippen LogP contribution in [-0.2, 0) is 0 Å². The normalized spacial score (nSPS) is 16.1. The molecule has 1 aromatic carbocycles. The van der Waals surface area contributed by atoms with Gasteiger partial charge in [-0.2, -0.15) is 4.52 Å². The zero-order chi connectivity index (χ0) is 19.1. The number of carbonyl (C=O) groups excluding carboxylic acids is 1. The third kappa shape index (κ3) is 2.88.